The van der Waals surface area contributed by atoms with E-state index in [1.807, 2.05) is 0 Å². The van der Waals surface area contributed by atoms with Gasteiger partial charge in [-0.2, -0.15) is 0 Å². The predicted molar refractivity (Wildman–Crippen MR) is 80.6 cm³/mol. The fraction of sp³-hybridized carbons (Fsp3) is 0.647. The molecule has 0 amide bonds. The lowest BCUT2D eigenvalue weighted by Crippen LogP contribution is -2.35. The quantitative estimate of drug-likeness (QED) is 0.895. The Morgan fingerprint density at radius 2 is 1.95 bits per heavy atom. The molecule has 1 saturated carbocycles. The predicted octanol–water partition coefficient (Wildman–Crippen LogP) is 3.20. The summed E-state index contributed by atoms with van der Waals surface area (Å²) in [6.07, 6.45) is 2.64. The molecule has 0 radical (unpaired) electrons. The topological polar surface area (TPSA) is 30.5 Å². The van der Waals surface area contributed by atoms with Crippen molar-refractivity contribution in [3.8, 4) is 11.5 Å². The molecule has 20 heavy (non-hydrogen) atoms. The van der Waals surface area contributed by atoms with E-state index in [-0.39, 0.29) is 0 Å². The highest BCUT2D eigenvalue weighted by Gasteiger charge is 2.32. The van der Waals surface area contributed by atoms with Gasteiger partial charge in [0, 0.05) is 0 Å². The molecule has 0 bridgehead atoms. The van der Waals surface area contributed by atoms with Crippen LogP contribution in [0.1, 0.15) is 38.2 Å². The molecule has 1 fully saturated rings. The van der Waals surface area contributed by atoms with Crippen molar-refractivity contribution in [1.82, 2.24) is 5.32 Å². The summed E-state index contributed by atoms with van der Waals surface area (Å²) in [6, 6.07) is 6.47. The molecule has 1 aromatic rings. The number of fused-ring (bicyclic) bond motifs is 1. The molecular weight excluding hydrogens is 250 g/mol. The third-order valence-electron chi connectivity index (χ3n) is 4.37. The van der Waals surface area contributed by atoms with E-state index in [1.165, 1.54) is 18.4 Å². The summed E-state index contributed by atoms with van der Waals surface area (Å²) in [5.41, 5.74) is 1.41. The van der Waals surface area contributed by atoms with Crippen LogP contribution in [0.4, 0.5) is 0 Å². The average Bonchev–Trinajstić information content (AvgIpc) is 2.42. The van der Waals surface area contributed by atoms with Gasteiger partial charge in [0.05, 0.1) is 0 Å². The van der Waals surface area contributed by atoms with E-state index in [9.17, 15) is 0 Å². The minimum absolute atomic E-state index is 0.664. The van der Waals surface area contributed by atoms with Crippen molar-refractivity contribution in [3.63, 3.8) is 0 Å². The number of ether oxygens (including phenoxy) is 2. The second-order valence-electron chi connectivity index (χ2n) is 6.40. The van der Waals surface area contributed by atoms with Crippen LogP contribution in [0, 0.1) is 11.8 Å². The maximum Gasteiger partial charge on any atom is 0.161 e. The highest BCUT2D eigenvalue weighted by atomic mass is 16.6. The van der Waals surface area contributed by atoms with Crippen LogP contribution in [-0.4, -0.2) is 26.3 Å². The van der Waals surface area contributed by atoms with Gasteiger partial charge in [-0.05, 0) is 61.4 Å². The molecule has 2 unspecified atom stereocenters. The molecule has 1 aromatic carbocycles. The lowest BCUT2D eigenvalue weighted by molar-refractivity contribution is 0.170. The first-order valence-corrected chi connectivity index (χ1v) is 7.84. The largest absolute Gasteiger partial charge is 0.486 e. The van der Waals surface area contributed by atoms with Crippen molar-refractivity contribution < 1.29 is 9.47 Å². The molecule has 110 valence electrons. The van der Waals surface area contributed by atoms with Gasteiger partial charge >= 0.3 is 0 Å². The van der Waals surface area contributed by atoms with Crippen LogP contribution < -0.4 is 14.8 Å². The molecule has 1 aliphatic carbocycles. The highest BCUT2D eigenvalue weighted by Crippen LogP contribution is 2.44. The molecule has 2 atom stereocenters. The van der Waals surface area contributed by atoms with Crippen LogP contribution in [0.5, 0.6) is 11.5 Å². The summed E-state index contributed by atoms with van der Waals surface area (Å²) in [4.78, 5) is 0. The van der Waals surface area contributed by atoms with Crippen molar-refractivity contribution in [3.05, 3.63) is 23.8 Å². The molecular formula is C17H25NO2. The fourth-order valence-electron chi connectivity index (χ4n) is 3.10. The molecule has 1 heterocycles. The Labute approximate surface area is 121 Å². The summed E-state index contributed by atoms with van der Waals surface area (Å²) < 4.78 is 11.3. The standard InChI is InChI=1S/C17H25NO2/c1-12(2)10-18-11-14-3-5-15(14)13-4-6-16-17(9-13)20-8-7-19-16/h4,6,9,12,14-15,18H,3,5,7-8,10-11H2,1-2H3. The molecule has 3 rings (SSSR count). The summed E-state index contributed by atoms with van der Waals surface area (Å²) >= 11 is 0. The monoisotopic (exact) mass is 275 g/mol. The second kappa shape index (κ2) is 6.04. The van der Waals surface area contributed by atoms with Gasteiger partial charge in [0.1, 0.15) is 13.2 Å². The molecule has 0 saturated heterocycles. The van der Waals surface area contributed by atoms with Gasteiger partial charge in [0.2, 0.25) is 0 Å². The Bertz CT molecular complexity index is 458. The van der Waals surface area contributed by atoms with Gasteiger partial charge in [0.25, 0.3) is 0 Å². The van der Waals surface area contributed by atoms with Gasteiger partial charge in [-0.15, -0.1) is 0 Å². The summed E-state index contributed by atoms with van der Waals surface area (Å²) in [6.45, 7) is 8.10. The van der Waals surface area contributed by atoms with Crippen LogP contribution in [0.15, 0.2) is 18.2 Å². The molecule has 1 aliphatic heterocycles. The van der Waals surface area contributed by atoms with Gasteiger partial charge in [0.15, 0.2) is 11.5 Å². The summed E-state index contributed by atoms with van der Waals surface area (Å²) in [5, 5.41) is 3.59. The van der Waals surface area contributed by atoms with E-state index in [0.717, 1.165) is 36.4 Å². The van der Waals surface area contributed by atoms with E-state index >= 15 is 0 Å². The van der Waals surface area contributed by atoms with Crippen LogP contribution in [0.2, 0.25) is 0 Å². The molecule has 3 heteroatoms. The van der Waals surface area contributed by atoms with Gasteiger partial charge in [-0.3, -0.25) is 0 Å². The van der Waals surface area contributed by atoms with E-state index < -0.39 is 0 Å². The van der Waals surface area contributed by atoms with Crippen molar-refractivity contribution in [1.29, 1.82) is 0 Å². The van der Waals surface area contributed by atoms with Gasteiger partial charge in [-0.1, -0.05) is 19.9 Å². The Morgan fingerprint density at radius 3 is 2.65 bits per heavy atom. The van der Waals surface area contributed by atoms with E-state index in [2.05, 4.69) is 37.4 Å². The lowest BCUT2D eigenvalue weighted by atomic mass is 9.70. The average molecular weight is 275 g/mol. The van der Waals surface area contributed by atoms with Crippen molar-refractivity contribution >= 4 is 0 Å². The van der Waals surface area contributed by atoms with Crippen LogP contribution in [-0.2, 0) is 0 Å². The van der Waals surface area contributed by atoms with Crippen molar-refractivity contribution in [2.24, 2.45) is 11.8 Å². The van der Waals surface area contributed by atoms with Gasteiger partial charge in [-0.25, -0.2) is 0 Å². The summed E-state index contributed by atoms with van der Waals surface area (Å²) in [5.74, 6) is 4.01. The van der Waals surface area contributed by atoms with E-state index in [0.29, 0.717) is 19.1 Å². The molecule has 0 aromatic heterocycles. The number of hydrogen-bond donors (Lipinski definition) is 1. The molecule has 0 spiro atoms. The zero-order valence-corrected chi connectivity index (χ0v) is 12.5. The zero-order valence-electron chi connectivity index (χ0n) is 12.5. The van der Waals surface area contributed by atoms with E-state index in [4.69, 9.17) is 9.47 Å². The molecule has 3 nitrogen and oxygen atoms in total. The maximum atomic E-state index is 5.69. The Kier molecular flexibility index (Phi) is 4.16. The second-order valence-corrected chi connectivity index (χ2v) is 6.40. The number of nitrogens with one attached hydrogen (secondary N) is 1. The normalized spacial score (nSPS) is 24.6. The smallest absolute Gasteiger partial charge is 0.161 e. The minimum atomic E-state index is 0.664. The number of benzene rings is 1. The van der Waals surface area contributed by atoms with Crippen molar-refractivity contribution in [2.45, 2.75) is 32.6 Å². The van der Waals surface area contributed by atoms with E-state index in [1.54, 1.807) is 0 Å². The Hall–Kier alpha value is -1.22. The van der Waals surface area contributed by atoms with Gasteiger partial charge < -0.3 is 14.8 Å². The molecule has 1 N–H and O–H groups in total. The zero-order chi connectivity index (χ0) is 13.9. The first-order chi connectivity index (χ1) is 9.74. The van der Waals surface area contributed by atoms with Crippen LogP contribution in [0.3, 0.4) is 0 Å². The van der Waals surface area contributed by atoms with Crippen LogP contribution >= 0.6 is 0 Å². The number of rotatable bonds is 5. The third-order valence-corrected chi connectivity index (χ3v) is 4.37. The first-order valence-electron chi connectivity index (χ1n) is 7.84. The number of hydrogen-bond acceptors (Lipinski definition) is 3. The van der Waals surface area contributed by atoms with Crippen molar-refractivity contribution in [2.75, 3.05) is 26.3 Å². The highest BCUT2D eigenvalue weighted by molar-refractivity contribution is 5.45. The van der Waals surface area contributed by atoms with Crippen LogP contribution in [0.25, 0.3) is 0 Å². The molecule has 2 aliphatic rings. The Morgan fingerprint density at radius 1 is 1.15 bits per heavy atom. The minimum Gasteiger partial charge on any atom is -0.486 e. The first kappa shape index (κ1) is 13.7. The fourth-order valence-corrected chi connectivity index (χ4v) is 3.10. The lowest BCUT2D eigenvalue weighted by Gasteiger charge is -2.38. The summed E-state index contributed by atoms with van der Waals surface area (Å²) in [7, 11) is 0. The Balaban J connectivity index is 1.61. The third kappa shape index (κ3) is 2.93. The maximum absolute atomic E-state index is 5.69. The SMILES string of the molecule is CC(C)CNCC1CCC1c1ccc2c(c1)OCCO2.